The van der Waals surface area contributed by atoms with E-state index < -0.39 is 6.04 Å². The van der Waals surface area contributed by atoms with Crippen LogP contribution < -0.4 is 15.2 Å². The third kappa shape index (κ3) is 3.63. The number of benzene rings is 1. The van der Waals surface area contributed by atoms with E-state index in [-0.39, 0.29) is 12.4 Å². The Morgan fingerprint density at radius 2 is 2.06 bits per heavy atom. The number of methoxy groups -OCH3 is 2. The molecule has 2 N–H and O–H groups in total. The van der Waals surface area contributed by atoms with Gasteiger partial charge >= 0.3 is 5.97 Å². The lowest BCUT2D eigenvalue weighted by molar-refractivity contribution is -0.141. The number of esters is 1. The van der Waals surface area contributed by atoms with E-state index in [4.69, 9.17) is 15.2 Å². The van der Waals surface area contributed by atoms with Crippen molar-refractivity contribution in [2.45, 2.75) is 19.4 Å². The van der Waals surface area contributed by atoms with Gasteiger partial charge in [0.15, 0.2) is 11.5 Å². The summed E-state index contributed by atoms with van der Waals surface area (Å²) in [6, 6.07) is 4.96. The molecule has 0 aliphatic rings. The Bertz CT molecular complexity index is 406. The van der Waals surface area contributed by atoms with E-state index in [1.165, 1.54) is 7.11 Å². The fourth-order valence-electron chi connectivity index (χ4n) is 1.57. The lowest BCUT2D eigenvalue weighted by atomic mass is 10.0. The molecule has 0 fully saturated rings. The SMILES string of the molecule is CCOc1cc(C(N)CC(=O)OC)ccc1OC. The predicted molar refractivity (Wildman–Crippen MR) is 67.7 cm³/mol. The van der Waals surface area contributed by atoms with E-state index in [9.17, 15) is 4.79 Å². The molecule has 0 spiro atoms. The summed E-state index contributed by atoms with van der Waals surface area (Å²) in [5.41, 5.74) is 6.74. The van der Waals surface area contributed by atoms with Gasteiger partial charge in [-0.1, -0.05) is 6.07 Å². The Morgan fingerprint density at radius 3 is 2.61 bits per heavy atom. The summed E-state index contributed by atoms with van der Waals surface area (Å²) in [6.07, 6.45) is 0.133. The van der Waals surface area contributed by atoms with Crippen LogP contribution in [-0.4, -0.2) is 26.8 Å². The molecule has 0 aromatic heterocycles. The zero-order chi connectivity index (χ0) is 13.5. The molecule has 0 bridgehead atoms. The average Bonchev–Trinajstić information content (AvgIpc) is 2.38. The molecule has 1 aromatic carbocycles. The highest BCUT2D eigenvalue weighted by Crippen LogP contribution is 2.30. The Balaban J connectivity index is 2.89. The molecule has 18 heavy (non-hydrogen) atoms. The first kappa shape index (κ1) is 14.3. The van der Waals surface area contributed by atoms with Crippen LogP contribution in [0, 0.1) is 0 Å². The van der Waals surface area contributed by atoms with E-state index in [1.807, 2.05) is 13.0 Å². The molecule has 0 aliphatic heterocycles. The minimum Gasteiger partial charge on any atom is -0.493 e. The molecule has 1 rings (SSSR count). The molecule has 100 valence electrons. The lowest BCUT2D eigenvalue weighted by Crippen LogP contribution is -2.16. The van der Waals surface area contributed by atoms with E-state index in [1.54, 1.807) is 19.2 Å². The Morgan fingerprint density at radius 1 is 1.33 bits per heavy atom. The summed E-state index contributed by atoms with van der Waals surface area (Å²) in [5.74, 6) is 0.931. The molecular formula is C13H19NO4. The number of ether oxygens (including phenoxy) is 3. The molecule has 0 amide bonds. The number of rotatable bonds is 6. The van der Waals surface area contributed by atoms with Crippen LogP contribution in [0.1, 0.15) is 24.9 Å². The second-order valence-corrected chi connectivity index (χ2v) is 3.73. The van der Waals surface area contributed by atoms with Crippen LogP contribution >= 0.6 is 0 Å². The summed E-state index contributed by atoms with van der Waals surface area (Å²) in [5, 5.41) is 0. The van der Waals surface area contributed by atoms with Gasteiger partial charge in [-0.3, -0.25) is 4.79 Å². The Hall–Kier alpha value is -1.75. The standard InChI is InChI=1S/C13H19NO4/c1-4-18-12-7-9(5-6-11(12)16-2)10(14)8-13(15)17-3/h5-7,10H,4,8,14H2,1-3H3. The molecule has 1 unspecified atom stereocenters. The third-order valence-electron chi connectivity index (χ3n) is 2.53. The van der Waals surface area contributed by atoms with Crippen LogP contribution in [0.2, 0.25) is 0 Å². The van der Waals surface area contributed by atoms with Crippen LogP contribution in [0.5, 0.6) is 11.5 Å². The highest BCUT2D eigenvalue weighted by atomic mass is 16.5. The van der Waals surface area contributed by atoms with Gasteiger partial charge in [-0.25, -0.2) is 0 Å². The first-order chi connectivity index (χ1) is 8.62. The smallest absolute Gasteiger partial charge is 0.307 e. The van der Waals surface area contributed by atoms with Crippen LogP contribution in [0.4, 0.5) is 0 Å². The van der Waals surface area contributed by atoms with Gasteiger partial charge in [0.05, 0.1) is 27.2 Å². The quantitative estimate of drug-likeness (QED) is 0.781. The topological polar surface area (TPSA) is 70.8 Å². The molecule has 0 saturated carbocycles. The largest absolute Gasteiger partial charge is 0.493 e. The average molecular weight is 253 g/mol. The van der Waals surface area contributed by atoms with E-state index in [2.05, 4.69) is 4.74 Å². The van der Waals surface area contributed by atoms with Gasteiger partial charge in [0, 0.05) is 6.04 Å². The van der Waals surface area contributed by atoms with Crippen molar-refractivity contribution in [3.05, 3.63) is 23.8 Å². The molecule has 0 saturated heterocycles. The third-order valence-corrected chi connectivity index (χ3v) is 2.53. The normalized spacial score (nSPS) is 11.8. The van der Waals surface area contributed by atoms with Gasteiger partial charge in [0.1, 0.15) is 0 Å². The molecule has 0 radical (unpaired) electrons. The van der Waals surface area contributed by atoms with Crippen molar-refractivity contribution in [1.82, 2.24) is 0 Å². The highest BCUT2D eigenvalue weighted by Gasteiger charge is 2.14. The molecule has 0 aliphatic carbocycles. The van der Waals surface area contributed by atoms with Gasteiger partial charge in [-0.15, -0.1) is 0 Å². The summed E-state index contributed by atoms with van der Waals surface area (Å²) in [6.45, 7) is 2.42. The van der Waals surface area contributed by atoms with Crippen molar-refractivity contribution in [2.24, 2.45) is 5.73 Å². The maximum Gasteiger partial charge on any atom is 0.307 e. The fraction of sp³-hybridized carbons (Fsp3) is 0.462. The summed E-state index contributed by atoms with van der Waals surface area (Å²) >= 11 is 0. The lowest BCUT2D eigenvalue weighted by Gasteiger charge is -2.14. The zero-order valence-corrected chi connectivity index (χ0v) is 10.9. The molecule has 1 atom stereocenters. The van der Waals surface area contributed by atoms with Crippen LogP contribution in [0.25, 0.3) is 0 Å². The van der Waals surface area contributed by atoms with E-state index in [0.717, 1.165) is 5.56 Å². The first-order valence-corrected chi connectivity index (χ1v) is 5.75. The summed E-state index contributed by atoms with van der Waals surface area (Å²) in [7, 11) is 2.92. The van der Waals surface area contributed by atoms with Crippen molar-refractivity contribution in [3.63, 3.8) is 0 Å². The molecule has 0 heterocycles. The second-order valence-electron chi connectivity index (χ2n) is 3.73. The van der Waals surface area contributed by atoms with Crippen LogP contribution in [0.15, 0.2) is 18.2 Å². The van der Waals surface area contributed by atoms with Gasteiger partial charge in [0.2, 0.25) is 0 Å². The Labute approximate surface area is 107 Å². The molecular weight excluding hydrogens is 234 g/mol. The van der Waals surface area contributed by atoms with Gasteiger partial charge < -0.3 is 19.9 Å². The predicted octanol–water partition coefficient (Wildman–Crippen LogP) is 1.66. The molecule has 5 nitrogen and oxygen atoms in total. The van der Waals surface area contributed by atoms with Gasteiger partial charge in [0.25, 0.3) is 0 Å². The number of carbonyl (C=O) groups is 1. The van der Waals surface area contributed by atoms with E-state index in [0.29, 0.717) is 18.1 Å². The summed E-state index contributed by atoms with van der Waals surface area (Å²) in [4.78, 5) is 11.2. The number of hydrogen-bond acceptors (Lipinski definition) is 5. The summed E-state index contributed by atoms with van der Waals surface area (Å²) < 4.78 is 15.2. The minimum absolute atomic E-state index is 0.133. The monoisotopic (exact) mass is 253 g/mol. The molecule has 5 heteroatoms. The van der Waals surface area contributed by atoms with Crippen molar-refractivity contribution in [2.75, 3.05) is 20.8 Å². The number of carbonyl (C=O) groups excluding carboxylic acids is 1. The maximum atomic E-state index is 11.2. The maximum absolute atomic E-state index is 11.2. The fourth-order valence-corrected chi connectivity index (χ4v) is 1.57. The molecule has 1 aromatic rings. The van der Waals surface area contributed by atoms with Gasteiger partial charge in [-0.05, 0) is 24.6 Å². The first-order valence-electron chi connectivity index (χ1n) is 5.75. The number of nitrogens with two attached hydrogens (primary N) is 1. The minimum atomic E-state index is -0.414. The highest BCUT2D eigenvalue weighted by molar-refractivity contribution is 5.70. The van der Waals surface area contributed by atoms with Crippen molar-refractivity contribution < 1.29 is 19.0 Å². The van der Waals surface area contributed by atoms with Crippen LogP contribution in [-0.2, 0) is 9.53 Å². The van der Waals surface area contributed by atoms with Crippen molar-refractivity contribution in [3.8, 4) is 11.5 Å². The second kappa shape index (κ2) is 6.86. The van der Waals surface area contributed by atoms with Crippen molar-refractivity contribution in [1.29, 1.82) is 0 Å². The van der Waals surface area contributed by atoms with E-state index >= 15 is 0 Å². The zero-order valence-electron chi connectivity index (χ0n) is 10.9. The van der Waals surface area contributed by atoms with Gasteiger partial charge in [-0.2, -0.15) is 0 Å². The number of hydrogen-bond donors (Lipinski definition) is 1. The van der Waals surface area contributed by atoms with Crippen LogP contribution in [0.3, 0.4) is 0 Å². The Kier molecular flexibility index (Phi) is 5.45. The van der Waals surface area contributed by atoms with Crippen molar-refractivity contribution >= 4 is 5.97 Å².